The van der Waals surface area contributed by atoms with E-state index in [1.54, 1.807) is 6.08 Å². The van der Waals surface area contributed by atoms with E-state index in [0.717, 1.165) is 5.92 Å². The first-order valence-corrected chi connectivity index (χ1v) is 11.5. The van der Waals surface area contributed by atoms with E-state index in [1.165, 1.54) is 57.8 Å². The molecule has 0 radical (unpaired) electrons. The Morgan fingerprint density at radius 3 is 2.04 bits per heavy atom. The summed E-state index contributed by atoms with van der Waals surface area (Å²) >= 11 is 0. The van der Waals surface area contributed by atoms with Gasteiger partial charge >= 0.3 is 0 Å². The third-order valence-electron chi connectivity index (χ3n) is 6.93. The van der Waals surface area contributed by atoms with Crippen LogP contribution in [0.15, 0.2) is 24.3 Å². The molecule has 1 saturated carbocycles. The van der Waals surface area contributed by atoms with Crippen LogP contribution in [0.4, 0.5) is 0 Å². The molecular weight excluding hydrogens is 312 g/mol. The molecule has 2 aliphatic rings. The minimum absolute atomic E-state index is 0.406. The van der Waals surface area contributed by atoms with E-state index >= 15 is 0 Å². The number of allylic oxidation sites excluding steroid dienone is 3. The Labute approximate surface area is 166 Å². The Balaban J connectivity index is 0.00000113. The van der Waals surface area contributed by atoms with Gasteiger partial charge in [-0.05, 0) is 67.6 Å². The van der Waals surface area contributed by atoms with Crippen LogP contribution in [0.2, 0.25) is 0 Å². The van der Waals surface area contributed by atoms with Gasteiger partial charge in [0.05, 0.1) is 0 Å². The highest BCUT2D eigenvalue weighted by Crippen LogP contribution is 2.61. The van der Waals surface area contributed by atoms with Gasteiger partial charge in [-0.3, -0.25) is 0 Å². The summed E-state index contributed by atoms with van der Waals surface area (Å²) < 4.78 is 0. The molecule has 0 spiro atoms. The van der Waals surface area contributed by atoms with Crippen molar-refractivity contribution in [3.63, 3.8) is 0 Å². The Hall–Kier alpha value is -0.520. The van der Waals surface area contributed by atoms with E-state index in [0.29, 0.717) is 16.2 Å². The van der Waals surface area contributed by atoms with E-state index in [9.17, 15) is 0 Å². The minimum atomic E-state index is 0.406. The molecule has 0 amide bonds. The van der Waals surface area contributed by atoms with Gasteiger partial charge in [-0.2, -0.15) is 0 Å². The van der Waals surface area contributed by atoms with Crippen LogP contribution in [-0.2, 0) is 0 Å². The normalized spacial score (nSPS) is 32.5. The van der Waals surface area contributed by atoms with Gasteiger partial charge in [0.15, 0.2) is 0 Å². The molecule has 2 aliphatic carbocycles. The number of hydrogen-bond donors (Lipinski definition) is 0. The predicted octanol–water partition coefficient (Wildman–Crippen LogP) is 9.36. The van der Waals surface area contributed by atoms with Gasteiger partial charge in [0.2, 0.25) is 0 Å². The summed E-state index contributed by atoms with van der Waals surface area (Å²) in [6.07, 6.45) is 17.0. The van der Waals surface area contributed by atoms with Gasteiger partial charge in [0, 0.05) is 0 Å². The fraction of sp³-hybridized carbons (Fsp3) is 0.846. The molecular formula is C26H50. The summed E-state index contributed by atoms with van der Waals surface area (Å²) in [4.78, 5) is 0. The molecule has 0 saturated heterocycles. The SMILES string of the molecule is C=CC.CC.CCCC1(C)CCC2CCCC(C)(C)C=C2C1(C)CCC. The standard InChI is InChI=1S/C21H38.C3H6.C2H6/c1-7-12-20(5)15-11-17-10-9-14-19(3,4)16-18(17)21(20,6)13-8-2;1-3-2;1-2/h16-17H,7-15H2,1-6H3;3H,1H2,2H3;1-2H3. The average Bonchev–Trinajstić information content (AvgIpc) is 2.73. The minimum Gasteiger partial charge on any atom is -0.103 e. The molecule has 0 aromatic carbocycles. The predicted molar refractivity (Wildman–Crippen MR) is 122 cm³/mol. The largest absolute Gasteiger partial charge is 0.103 e. The molecule has 0 aliphatic heterocycles. The molecule has 154 valence electrons. The smallest absolute Gasteiger partial charge is 0.00598 e. The lowest BCUT2D eigenvalue weighted by molar-refractivity contribution is 0.0272. The molecule has 2 rings (SSSR count). The van der Waals surface area contributed by atoms with Crippen molar-refractivity contribution in [1.29, 1.82) is 0 Å². The van der Waals surface area contributed by atoms with E-state index in [-0.39, 0.29) is 0 Å². The van der Waals surface area contributed by atoms with Crippen molar-refractivity contribution in [3.05, 3.63) is 24.3 Å². The molecule has 3 atom stereocenters. The number of hydrogen-bond acceptors (Lipinski definition) is 0. The van der Waals surface area contributed by atoms with Crippen LogP contribution >= 0.6 is 0 Å². The van der Waals surface area contributed by atoms with Crippen molar-refractivity contribution in [2.45, 2.75) is 120 Å². The summed E-state index contributed by atoms with van der Waals surface area (Å²) in [6, 6.07) is 0. The van der Waals surface area contributed by atoms with Crippen LogP contribution in [-0.4, -0.2) is 0 Å². The van der Waals surface area contributed by atoms with Gasteiger partial charge in [-0.15, -0.1) is 6.58 Å². The number of rotatable bonds is 4. The van der Waals surface area contributed by atoms with Crippen LogP contribution in [0, 0.1) is 22.2 Å². The highest BCUT2D eigenvalue weighted by molar-refractivity contribution is 5.27. The molecule has 0 aromatic rings. The lowest BCUT2D eigenvalue weighted by atomic mass is 9.49. The Bertz CT molecular complexity index is 427. The van der Waals surface area contributed by atoms with Crippen molar-refractivity contribution < 1.29 is 0 Å². The molecule has 0 heterocycles. The lowest BCUT2D eigenvalue weighted by Gasteiger charge is -2.55. The van der Waals surface area contributed by atoms with E-state index in [2.05, 4.69) is 54.2 Å². The number of fused-ring (bicyclic) bond motifs is 1. The van der Waals surface area contributed by atoms with Crippen LogP contribution in [0.25, 0.3) is 0 Å². The van der Waals surface area contributed by atoms with Crippen molar-refractivity contribution in [3.8, 4) is 0 Å². The molecule has 26 heavy (non-hydrogen) atoms. The van der Waals surface area contributed by atoms with Crippen molar-refractivity contribution >= 4 is 0 Å². The van der Waals surface area contributed by atoms with Crippen molar-refractivity contribution in [2.75, 3.05) is 0 Å². The lowest BCUT2D eigenvalue weighted by Crippen LogP contribution is -2.45. The zero-order valence-electron chi connectivity index (χ0n) is 19.8. The Morgan fingerprint density at radius 2 is 1.54 bits per heavy atom. The van der Waals surface area contributed by atoms with Crippen LogP contribution in [0.1, 0.15) is 120 Å². The molecule has 0 heteroatoms. The molecule has 1 fully saturated rings. The monoisotopic (exact) mass is 362 g/mol. The van der Waals surface area contributed by atoms with Gasteiger partial charge in [0.1, 0.15) is 0 Å². The van der Waals surface area contributed by atoms with Crippen LogP contribution in [0.5, 0.6) is 0 Å². The Morgan fingerprint density at radius 1 is 1.00 bits per heavy atom. The highest BCUT2D eigenvalue weighted by Gasteiger charge is 2.51. The maximum Gasteiger partial charge on any atom is -0.00598 e. The van der Waals surface area contributed by atoms with E-state index in [1.807, 2.05) is 26.3 Å². The third kappa shape index (κ3) is 6.00. The average molecular weight is 363 g/mol. The second kappa shape index (κ2) is 11.4. The third-order valence-corrected chi connectivity index (χ3v) is 6.93. The van der Waals surface area contributed by atoms with Crippen molar-refractivity contribution in [2.24, 2.45) is 22.2 Å². The van der Waals surface area contributed by atoms with E-state index < -0.39 is 0 Å². The molecule has 3 unspecified atom stereocenters. The zero-order valence-corrected chi connectivity index (χ0v) is 19.8. The molecule has 0 bridgehead atoms. The van der Waals surface area contributed by atoms with Crippen LogP contribution in [0.3, 0.4) is 0 Å². The first-order valence-electron chi connectivity index (χ1n) is 11.5. The van der Waals surface area contributed by atoms with Gasteiger partial charge in [0.25, 0.3) is 0 Å². The van der Waals surface area contributed by atoms with Gasteiger partial charge < -0.3 is 0 Å². The topological polar surface area (TPSA) is 0 Å². The Kier molecular flexibility index (Phi) is 11.1. The zero-order chi connectivity index (χ0) is 20.4. The van der Waals surface area contributed by atoms with Gasteiger partial charge in [-0.1, -0.05) is 92.4 Å². The van der Waals surface area contributed by atoms with Gasteiger partial charge in [-0.25, -0.2) is 0 Å². The van der Waals surface area contributed by atoms with Crippen molar-refractivity contribution in [1.82, 2.24) is 0 Å². The maximum atomic E-state index is 3.36. The quantitative estimate of drug-likeness (QED) is 0.437. The van der Waals surface area contributed by atoms with Crippen LogP contribution < -0.4 is 0 Å². The second-order valence-electron chi connectivity index (χ2n) is 9.52. The fourth-order valence-corrected chi connectivity index (χ4v) is 5.50. The van der Waals surface area contributed by atoms with E-state index in [4.69, 9.17) is 0 Å². The highest BCUT2D eigenvalue weighted by atomic mass is 14.6. The summed E-state index contributed by atoms with van der Waals surface area (Å²) in [6.45, 7) is 24.1. The maximum absolute atomic E-state index is 3.36. The second-order valence-corrected chi connectivity index (χ2v) is 9.52. The first kappa shape index (κ1) is 25.5. The fourth-order valence-electron chi connectivity index (χ4n) is 5.50. The first-order chi connectivity index (χ1) is 12.2. The summed E-state index contributed by atoms with van der Waals surface area (Å²) in [5.74, 6) is 0.883. The summed E-state index contributed by atoms with van der Waals surface area (Å²) in [5.41, 5.74) is 3.21. The molecule has 0 N–H and O–H groups in total. The molecule has 0 nitrogen and oxygen atoms in total. The molecule has 0 aromatic heterocycles. The summed E-state index contributed by atoms with van der Waals surface area (Å²) in [7, 11) is 0. The summed E-state index contributed by atoms with van der Waals surface area (Å²) in [5, 5.41) is 0.